The minimum Gasteiger partial charge on any atom is -0.467 e. The van der Waals surface area contributed by atoms with Gasteiger partial charge in [-0.15, -0.1) is 0 Å². The normalized spacial score (nSPS) is 12.2. The molecule has 0 amide bonds. The second kappa shape index (κ2) is 4.77. The van der Waals surface area contributed by atoms with E-state index >= 15 is 0 Å². The van der Waals surface area contributed by atoms with Crippen LogP contribution in [0.3, 0.4) is 0 Å². The largest absolute Gasteiger partial charge is 0.467 e. The molecule has 0 saturated heterocycles. The van der Waals surface area contributed by atoms with Crippen LogP contribution in [0.1, 0.15) is 17.2 Å². The molecule has 3 nitrogen and oxygen atoms in total. The summed E-state index contributed by atoms with van der Waals surface area (Å²) in [6, 6.07) is 7.59. The fraction of sp³-hybridized carbons (Fsp3) is 0.364. The third-order valence-corrected chi connectivity index (χ3v) is 2.12. The first-order chi connectivity index (χ1) is 6.70. The van der Waals surface area contributed by atoms with Crippen LogP contribution in [0.15, 0.2) is 24.3 Å². The van der Waals surface area contributed by atoms with Gasteiger partial charge in [-0.25, -0.2) is 4.79 Å². The maximum absolute atomic E-state index is 11.3. The summed E-state index contributed by atoms with van der Waals surface area (Å²) in [6.07, 6.45) is -0.624. The van der Waals surface area contributed by atoms with Crippen molar-refractivity contribution in [1.29, 1.82) is 0 Å². The molecule has 0 aliphatic heterocycles. The number of methoxy groups -OCH3 is 2. The smallest absolute Gasteiger partial charge is 0.339 e. The van der Waals surface area contributed by atoms with Gasteiger partial charge in [-0.3, -0.25) is 0 Å². The van der Waals surface area contributed by atoms with Gasteiger partial charge in [0.05, 0.1) is 7.11 Å². The summed E-state index contributed by atoms with van der Waals surface area (Å²) in [5, 5.41) is 0. The molecule has 1 atom stereocenters. The lowest BCUT2D eigenvalue weighted by molar-refractivity contribution is -0.152. The summed E-state index contributed by atoms with van der Waals surface area (Å²) in [5.74, 6) is -0.373. The maximum atomic E-state index is 11.3. The molecule has 0 aliphatic rings. The van der Waals surface area contributed by atoms with Gasteiger partial charge in [-0.05, 0) is 18.1 Å². The van der Waals surface area contributed by atoms with Crippen molar-refractivity contribution >= 4 is 5.97 Å². The van der Waals surface area contributed by atoms with Gasteiger partial charge in [0.1, 0.15) is 0 Å². The molecule has 1 unspecified atom stereocenters. The average Bonchev–Trinajstić information content (AvgIpc) is 2.21. The van der Waals surface area contributed by atoms with E-state index in [0.717, 1.165) is 11.1 Å². The quantitative estimate of drug-likeness (QED) is 0.689. The minimum atomic E-state index is -0.624. The lowest BCUT2D eigenvalue weighted by atomic mass is 10.0. The summed E-state index contributed by atoms with van der Waals surface area (Å²) < 4.78 is 9.74. The summed E-state index contributed by atoms with van der Waals surface area (Å²) in [6.45, 7) is 1.93. The number of carbonyl (C=O) groups is 1. The molecule has 1 rings (SSSR count). The topological polar surface area (TPSA) is 35.5 Å². The van der Waals surface area contributed by atoms with Crippen LogP contribution in [-0.4, -0.2) is 20.2 Å². The first-order valence-corrected chi connectivity index (χ1v) is 4.37. The molecule has 0 N–H and O–H groups in total. The Kier molecular flexibility index (Phi) is 3.65. The molecule has 0 aromatic heterocycles. The molecule has 0 radical (unpaired) electrons. The third-order valence-electron chi connectivity index (χ3n) is 2.12. The highest BCUT2D eigenvalue weighted by molar-refractivity contribution is 5.76. The Morgan fingerprint density at radius 2 is 1.93 bits per heavy atom. The van der Waals surface area contributed by atoms with E-state index in [1.807, 2.05) is 31.2 Å². The summed E-state index contributed by atoms with van der Waals surface area (Å²) in [4.78, 5) is 11.3. The Balaban J connectivity index is 3.01. The highest BCUT2D eigenvalue weighted by Crippen LogP contribution is 2.21. The van der Waals surface area contributed by atoms with Crippen molar-refractivity contribution in [3.8, 4) is 0 Å². The molecular formula is C11H14O3. The second-order valence-corrected chi connectivity index (χ2v) is 3.00. The number of benzene rings is 1. The van der Waals surface area contributed by atoms with Crippen molar-refractivity contribution in [3.63, 3.8) is 0 Å². The minimum absolute atomic E-state index is 0.373. The number of rotatable bonds is 3. The molecular weight excluding hydrogens is 180 g/mol. The van der Waals surface area contributed by atoms with Crippen molar-refractivity contribution < 1.29 is 14.3 Å². The molecule has 0 bridgehead atoms. The molecule has 14 heavy (non-hydrogen) atoms. The number of aryl methyl sites for hydroxylation is 1. The molecule has 76 valence electrons. The molecule has 0 fully saturated rings. The van der Waals surface area contributed by atoms with Crippen molar-refractivity contribution in [3.05, 3.63) is 35.4 Å². The van der Waals surface area contributed by atoms with E-state index in [-0.39, 0.29) is 5.97 Å². The van der Waals surface area contributed by atoms with Crippen LogP contribution >= 0.6 is 0 Å². The fourth-order valence-corrected chi connectivity index (χ4v) is 1.34. The van der Waals surface area contributed by atoms with E-state index in [1.165, 1.54) is 14.2 Å². The van der Waals surface area contributed by atoms with Gasteiger partial charge in [-0.2, -0.15) is 0 Å². The zero-order valence-corrected chi connectivity index (χ0v) is 8.61. The van der Waals surface area contributed by atoms with E-state index in [9.17, 15) is 4.79 Å². The van der Waals surface area contributed by atoms with E-state index in [1.54, 1.807) is 0 Å². The van der Waals surface area contributed by atoms with E-state index < -0.39 is 6.10 Å². The highest BCUT2D eigenvalue weighted by Gasteiger charge is 2.21. The van der Waals surface area contributed by atoms with E-state index in [0.29, 0.717) is 0 Å². The van der Waals surface area contributed by atoms with Crippen LogP contribution in [0.5, 0.6) is 0 Å². The predicted molar refractivity (Wildman–Crippen MR) is 52.9 cm³/mol. The summed E-state index contributed by atoms with van der Waals surface area (Å²) in [7, 11) is 2.85. The Bertz CT molecular complexity index is 320. The highest BCUT2D eigenvalue weighted by atomic mass is 16.6. The van der Waals surface area contributed by atoms with Crippen molar-refractivity contribution in [2.45, 2.75) is 13.0 Å². The van der Waals surface area contributed by atoms with Gasteiger partial charge in [0, 0.05) is 7.11 Å². The van der Waals surface area contributed by atoms with Crippen LogP contribution in [0.2, 0.25) is 0 Å². The molecule has 0 spiro atoms. The first-order valence-electron chi connectivity index (χ1n) is 4.37. The van der Waals surface area contributed by atoms with Crippen LogP contribution in [-0.2, 0) is 14.3 Å². The van der Waals surface area contributed by atoms with Gasteiger partial charge >= 0.3 is 5.97 Å². The van der Waals surface area contributed by atoms with Gasteiger partial charge in [0.2, 0.25) is 0 Å². The number of carbonyl (C=O) groups excluding carboxylic acids is 1. The molecule has 1 aromatic carbocycles. The van der Waals surface area contributed by atoms with Gasteiger partial charge in [0.15, 0.2) is 6.10 Å². The van der Waals surface area contributed by atoms with Crippen molar-refractivity contribution in [2.75, 3.05) is 14.2 Å². The van der Waals surface area contributed by atoms with Crippen LogP contribution in [0.25, 0.3) is 0 Å². The maximum Gasteiger partial charge on any atom is 0.339 e. The van der Waals surface area contributed by atoms with Crippen LogP contribution < -0.4 is 0 Å². The lowest BCUT2D eigenvalue weighted by Gasteiger charge is -2.14. The number of hydrogen-bond acceptors (Lipinski definition) is 3. The number of hydrogen-bond donors (Lipinski definition) is 0. The zero-order valence-electron chi connectivity index (χ0n) is 8.61. The summed E-state index contributed by atoms with van der Waals surface area (Å²) >= 11 is 0. The van der Waals surface area contributed by atoms with E-state index in [2.05, 4.69) is 4.74 Å². The van der Waals surface area contributed by atoms with Crippen molar-refractivity contribution in [2.24, 2.45) is 0 Å². The second-order valence-electron chi connectivity index (χ2n) is 3.00. The number of ether oxygens (including phenoxy) is 2. The molecule has 0 heterocycles. The van der Waals surface area contributed by atoms with Crippen LogP contribution in [0, 0.1) is 6.92 Å². The Morgan fingerprint density at radius 3 is 2.43 bits per heavy atom. The average molecular weight is 194 g/mol. The molecule has 0 aliphatic carbocycles. The SMILES string of the molecule is COC(=O)C(OC)c1ccccc1C. The van der Waals surface area contributed by atoms with Gasteiger partial charge < -0.3 is 9.47 Å². The van der Waals surface area contributed by atoms with Gasteiger partial charge in [-0.1, -0.05) is 24.3 Å². The first kappa shape index (κ1) is 10.7. The van der Waals surface area contributed by atoms with E-state index in [4.69, 9.17) is 4.74 Å². The Morgan fingerprint density at radius 1 is 1.29 bits per heavy atom. The molecule has 3 heteroatoms. The van der Waals surface area contributed by atoms with Crippen LogP contribution in [0.4, 0.5) is 0 Å². The fourth-order valence-electron chi connectivity index (χ4n) is 1.34. The van der Waals surface area contributed by atoms with Gasteiger partial charge in [0.25, 0.3) is 0 Å². The Hall–Kier alpha value is -1.35. The van der Waals surface area contributed by atoms with Crippen molar-refractivity contribution in [1.82, 2.24) is 0 Å². The Labute approximate surface area is 83.6 Å². The molecule has 0 saturated carbocycles. The monoisotopic (exact) mass is 194 g/mol. The predicted octanol–water partition coefficient (Wildman–Crippen LogP) is 1.86. The lowest BCUT2D eigenvalue weighted by Crippen LogP contribution is -2.16. The molecule has 1 aromatic rings. The third kappa shape index (κ3) is 2.12. The zero-order chi connectivity index (χ0) is 10.6. The number of esters is 1. The standard InChI is InChI=1S/C11H14O3/c1-8-6-4-5-7-9(8)10(13-2)11(12)14-3/h4-7,10H,1-3H3. The summed E-state index contributed by atoms with van der Waals surface area (Å²) in [5.41, 5.74) is 1.87.